The molecule has 1 unspecified atom stereocenters. The molecule has 0 aromatic carbocycles. The summed E-state index contributed by atoms with van der Waals surface area (Å²) in [4.78, 5) is 22.3. The van der Waals surface area contributed by atoms with Crippen LogP contribution in [0.3, 0.4) is 0 Å². The number of hydrogen-bond donors (Lipinski definition) is 2. The maximum Gasteiger partial charge on any atom is 0.328 e. The smallest absolute Gasteiger partial charge is 0.328 e. The molecular weight excluding hydrogens is 242 g/mol. The monoisotopic (exact) mass is 257 g/mol. The van der Waals surface area contributed by atoms with Crippen molar-refractivity contribution in [3.63, 3.8) is 0 Å². The highest BCUT2D eigenvalue weighted by Crippen LogP contribution is 2.08. The molecule has 0 bridgehead atoms. The third kappa shape index (κ3) is 4.97. The topological polar surface area (TPSA) is 75.6 Å². The summed E-state index contributed by atoms with van der Waals surface area (Å²) in [6, 6.07) is 0.969. The fourth-order valence-corrected chi connectivity index (χ4v) is 2.00. The second-order valence-electron chi connectivity index (χ2n) is 3.55. The second-order valence-corrected chi connectivity index (χ2v) is 4.33. The van der Waals surface area contributed by atoms with Gasteiger partial charge in [0.05, 0.1) is 6.61 Å². The molecule has 17 heavy (non-hydrogen) atoms. The minimum absolute atomic E-state index is 0.0282. The predicted octanol–water partition coefficient (Wildman–Crippen LogP) is 0.896. The number of rotatable bonds is 7. The van der Waals surface area contributed by atoms with Crippen molar-refractivity contribution in [1.82, 2.24) is 5.32 Å². The van der Waals surface area contributed by atoms with Gasteiger partial charge in [-0.15, -0.1) is 0 Å². The maximum atomic E-state index is 11.5. The van der Waals surface area contributed by atoms with Gasteiger partial charge in [0.15, 0.2) is 6.04 Å². The molecule has 0 radical (unpaired) electrons. The van der Waals surface area contributed by atoms with Crippen LogP contribution in [0.25, 0.3) is 0 Å². The van der Waals surface area contributed by atoms with Crippen LogP contribution in [0.4, 0.5) is 0 Å². The van der Waals surface area contributed by atoms with Gasteiger partial charge in [-0.2, -0.15) is 11.3 Å². The summed E-state index contributed by atoms with van der Waals surface area (Å²) >= 11 is 1.57. The molecule has 0 aliphatic rings. The highest BCUT2D eigenvalue weighted by atomic mass is 32.1. The van der Waals surface area contributed by atoms with E-state index in [2.05, 4.69) is 5.32 Å². The zero-order valence-electron chi connectivity index (χ0n) is 9.51. The zero-order valence-corrected chi connectivity index (χ0v) is 10.3. The largest absolute Gasteiger partial charge is 0.480 e. The van der Waals surface area contributed by atoms with E-state index < -0.39 is 12.0 Å². The van der Waals surface area contributed by atoms with Crippen LogP contribution in [0.15, 0.2) is 16.8 Å². The van der Waals surface area contributed by atoms with Gasteiger partial charge in [-0.25, -0.2) is 4.79 Å². The molecule has 2 N–H and O–H groups in total. The molecule has 1 rings (SSSR count). The van der Waals surface area contributed by atoms with E-state index in [0.29, 0.717) is 6.42 Å². The Morgan fingerprint density at radius 2 is 2.35 bits per heavy atom. The van der Waals surface area contributed by atoms with E-state index in [9.17, 15) is 9.59 Å². The van der Waals surface area contributed by atoms with Crippen molar-refractivity contribution < 1.29 is 19.4 Å². The second kappa shape index (κ2) is 7.03. The summed E-state index contributed by atoms with van der Waals surface area (Å²) in [7, 11) is 1.40. The molecule has 1 aromatic rings. The third-order valence-electron chi connectivity index (χ3n) is 2.19. The lowest BCUT2D eigenvalue weighted by atomic mass is 10.2. The van der Waals surface area contributed by atoms with Crippen LogP contribution in [-0.2, 0) is 20.7 Å². The van der Waals surface area contributed by atoms with Crippen molar-refractivity contribution in [2.24, 2.45) is 0 Å². The van der Waals surface area contributed by atoms with Crippen molar-refractivity contribution in [1.29, 1.82) is 0 Å². The number of carbonyl (C=O) groups is 2. The summed E-state index contributed by atoms with van der Waals surface area (Å²) in [6.07, 6.45) is 0.902. The minimum atomic E-state index is -1.09. The highest BCUT2D eigenvalue weighted by Gasteiger charge is 2.19. The Morgan fingerprint density at radius 3 is 2.88 bits per heavy atom. The number of carbonyl (C=O) groups excluding carboxylic acids is 1. The molecule has 0 aliphatic carbocycles. The Labute approximate surface area is 103 Å². The Balaban J connectivity index is 2.34. The molecule has 1 aromatic heterocycles. The van der Waals surface area contributed by atoms with Crippen molar-refractivity contribution in [2.45, 2.75) is 18.9 Å². The lowest BCUT2D eigenvalue weighted by Crippen LogP contribution is -2.43. The Kier molecular flexibility index (Phi) is 5.65. The first-order valence-corrected chi connectivity index (χ1v) is 6.10. The average molecular weight is 257 g/mol. The van der Waals surface area contributed by atoms with Gasteiger partial charge in [0, 0.05) is 13.5 Å². The number of carboxylic acid groups (broad SMARTS) is 1. The van der Waals surface area contributed by atoms with Gasteiger partial charge in [0.1, 0.15) is 0 Å². The summed E-state index contributed by atoms with van der Waals surface area (Å²) in [5.41, 5.74) is 1.09. The van der Waals surface area contributed by atoms with E-state index >= 15 is 0 Å². The van der Waals surface area contributed by atoms with Gasteiger partial charge in [0.2, 0.25) is 5.91 Å². The molecule has 0 aliphatic heterocycles. The first-order chi connectivity index (χ1) is 8.13. The van der Waals surface area contributed by atoms with Gasteiger partial charge >= 0.3 is 5.97 Å². The molecule has 0 saturated heterocycles. The first-order valence-electron chi connectivity index (χ1n) is 5.15. The maximum absolute atomic E-state index is 11.5. The minimum Gasteiger partial charge on any atom is -0.480 e. The van der Waals surface area contributed by atoms with Gasteiger partial charge in [-0.05, 0) is 28.8 Å². The number of amides is 1. The summed E-state index contributed by atoms with van der Waals surface area (Å²) in [5.74, 6) is -1.36. The van der Waals surface area contributed by atoms with Crippen LogP contribution < -0.4 is 5.32 Å². The number of aliphatic carboxylic acids is 1. The number of hydrogen-bond acceptors (Lipinski definition) is 4. The number of carboxylic acids is 1. The van der Waals surface area contributed by atoms with Gasteiger partial charge in [0.25, 0.3) is 0 Å². The average Bonchev–Trinajstić information content (AvgIpc) is 2.78. The van der Waals surface area contributed by atoms with Crippen LogP contribution in [0.1, 0.15) is 12.0 Å². The van der Waals surface area contributed by atoms with Gasteiger partial charge < -0.3 is 15.2 Å². The highest BCUT2D eigenvalue weighted by molar-refractivity contribution is 7.07. The predicted molar refractivity (Wildman–Crippen MR) is 64.1 cm³/mol. The van der Waals surface area contributed by atoms with Crippen molar-refractivity contribution >= 4 is 23.2 Å². The molecule has 0 fully saturated rings. The Morgan fingerprint density at radius 1 is 1.59 bits per heavy atom. The van der Waals surface area contributed by atoms with E-state index in [4.69, 9.17) is 9.84 Å². The lowest BCUT2D eigenvalue weighted by Gasteiger charge is -2.13. The van der Waals surface area contributed by atoms with Crippen molar-refractivity contribution in [3.8, 4) is 0 Å². The van der Waals surface area contributed by atoms with E-state index in [0.717, 1.165) is 5.56 Å². The van der Waals surface area contributed by atoms with Gasteiger partial charge in [-0.3, -0.25) is 4.79 Å². The van der Waals surface area contributed by atoms with Crippen LogP contribution in [0, 0.1) is 0 Å². The quantitative estimate of drug-likeness (QED) is 0.761. The number of nitrogens with one attached hydrogen (secondary N) is 1. The molecule has 1 atom stereocenters. The molecule has 94 valence electrons. The number of ether oxygens (including phenoxy) is 1. The van der Waals surface area contributed by atoms with Crippen LogP contribution in [-0.4, -0.2) is 36.7 Å². The summed E-state index contributed by atoms with van der Waals surface area (Å²) in [5, 5.41) is 15.1. The molecule has 0 spiro atoms. The molecular formula is C11H15NO4S. The molecule has 6 heteroatoms. The van der Waals surface area contributed by atoms with Gasteiger partial charge in [-0.1, -0.05) is 0 Å². The SMILES string of the molecule is COCC(NC(=O)CCc1ccsc1)C(=O)O. The van der Waals surface area contributed by atoms with E-state index in [1.807, 2.05) is 16.8 Å². The van der Waals surface area contributed by atoms with E-state index in [1.165, 1.54) is 7.11 Å². The fraction of sp³-hybridized carbons (Fsp3) is 0.455. The van der Waals surface area contributed by atoms with E-state index in [-0.39, 0.29) is 18.9 Å². The molecule has 0 saturated carbocycles. The number of methoxy groups -OCH3 is 1. The van der Waals surface area contributed by atoms with Crippen molar-refractivity contribution in [2.75, 3.05) is 13.7 Å². The molecule has 1 heterocycles. The van der Waals surface area contributed by atoms with E-state index in [1.54, 1.807) is 11.3 Å². The normalized spacial score (nSPS) is 12.1. The molecule has 5 nitrogen and oxygen atoms in total. The molecule has 1 amide bonds. The summed E-state index contributed by atoms with van der Waals surface area (Å²) < 4.78 is 4.72. The van der Waals surface area contributed by atoms with Crippen LogP contribution in [0.2, 0.25) is 0 Å². The van der Waals surface area contributed by atoms with Crippen LogP contribution >= 0.6 is 11.3 Å². The van der Waals surface area contributed by atoms with Crippen LogP contribution in [0.5, 0.6) is 0 Å². The lowest BCUT2D eigenvalue weighted by molar-refractivity contribution is -0.143. The first kappa shape index (κ1) is 13.7. The zero-order chi connectivity index (χ0) is 12.7. The fourth-order valence-electron chi connectivity index (χ4n) is 1.30. The number of aryl methyl sites for hydroxylation is 1. The summed E-state index contributed by atoms with van der Waals surface area (Å²) in [6.45, 7) is -0.0282. The van der Waals surface area contributed by atoms with Crippen molar-refractivity contribution in [3.05, 3.63) is 22.4 Å². The Hall–Kier alpha value is -1.40. The Bertz CT molecular complexity index is 364. The standard InChI is InChI=1S/C11H15NO4S/c1-16-6-9(11(14)15)12-10(13)3-2-8-4-5-17-7-8/h4-5,7,9H,2-3,6H2,1H3,(H,12,13)(H,14,15). The third-order valence-corrected chi connectivity index (χ3v) is 2.92. The number of thiophene rings is 1.